The van der Waals surface area contributed by atoms with Gasteiger partial charge in [0.25, 0.3) is 5.91 Å². The molecule has 0 aliphatic rings. The van der Waals surface area contributed by atoms with Crippen molar-refractivity contribution in [1.29, 1.82) is 0 Å². The second-order valence-corrected chi connectivity index (χ2v) is 7.14. The third-order valence-corrected chi connectivity index (χ3v) is 4.38. The number of carbonyl (C=O) groups is 1. The monoisotopic (exact) mass is 312 g/mol. The molecule has 0 saturated carbocycles. The van der Waals surface area contributed by atoms with Crippen LogP contribution in [0.3, 0.4) is 0 Å². The number of hydrogen-bond acceptors (Lipinski definition) is 5. The van der Waals surface area contributed by atoms with Gasteiger partial charge in [0, 0.05) is 20.1 Å². The van der Waals surface area contributed by atoms with E-state index in [0.717, 1.165) is 25.9 Å². The molecule has 0 aliphatic heterocycles. The van der Waals surface area contributed by atoms with Crippen LogP contribution in [0.2, 0.25) is 0 Å². The largest absolute Gasteiger partial charge is 0.382 e. The average Bonchev–Trinajstić information content (AvgIpc) is 2.78. The predicted molar refractivity (Wildman–Crippen MR) is 90.9 cm³/mol. The van der Waals surface area contributed by atoms with Crippen molar-refractivity contribution in [3.05, 3.63) is 4.88 Å². The van der Waals surface area contributed by atoms with Gasteiger partial charge < -0.3 is 16.0 Å². The molecule has 0 aromatic carbocycles. The Bertz CT molecular complexity index is 445. The SMILES string of the molecule is CNc1nc(N)c(C(=O)N(CCC(C)C)CCC(C)C)s1. The first kappa shape index (κ1) is 17.8. The Morgan fingerprint density at radius 1 is 1.24 bits per heavy atom. The summed E-state index contributed by atoms with van der Waals surface area (Å²) in [6, 6.07) is 0. The van der Waals surface area contributed by atoms with Gasteiger partial charge in [0.1, 0.15) is 10.7 Å². The van der Waals surface area contributed by atoms with Crippen LogP contribution < -0.4 is 11.1 Å². The Morgan fingerprint density at radius 2 is 1.76 bits per heavy atom. The van der Waals surface area contributed by atoms with Gasteiger partial charge in [-0.05, 0) is 24.7 Å². The van der Waals surface area contributed by atoms with Crippen molar-refractivity contribution in [3.63, 3.8) is 0 Å². The molecule has 0 atom stereocenters. The summed E-state index contributed by atoms with van der Waals surface area (Å²) in [4.78, 5) is 19.3. The number of rotatable bonds is 8. The molecule has 1 aromatic rings. The fraction of sp³-hybridized carbons (Fsp3) is 0.733. The Balaban J connectivity index is 2.83. The molecule has 1 amide bonds. The van der Waals surface area contributed by atoms with Crippen molar-refractivity contribution < 1.29 is 4.79 Å². The average molecular weight is 312 g/mol. The van der Waals surface area contributed by atoms with E-state index in [-0.39, 0.29) is 5.91 Å². The number of nitrogen functional groups attached to an aromatic ring is 1. The fourth-order valence-corrected chi connectivity index (χ4v) is 2.68. The number of anilines is 2. The standard InChI is InChI=1S/C15H28N4OS/c1-10(2)6-8-19(9-7-11(3)4)14(20)12-13(16)18-15(17-5)21-12/h10-11H,6-9,16H2,1-5H3,(H,17,18). The van der Waals surface area contributed by atoms with Gasteiger partial charge in [0.15, 0.2) is 5.13 Å². The molecular weight excluding hydrogens is 284 g/mol. The highest BCUT2D eigenvalue weighted by Crippen LogP contribution is 2.26. The van der Waals surface area contributed by atoms with Crippen molar-refractivity contribution in [1.82, 2.24) is 9.88 Å². The maximum absolute atomic E-state index is 12.7. The molecule has 0 aliphatic carbocycles. The van der Waals surface area contributed by atoms with Gasteiger partial charge in [-0.25, -0.2) is 4.98 Å². The van der Waals surface area contributed by atoms with Crippen LogP contribution in [0.5, 0.6) is 0 Å². The minimum absolute atomic E-state index is 0.00722. The van der Waals surface area contributed by atoms with E-state index in [1.807, 2.05) is 4.90 Å². The van der Waals surface area contributed by atoms with Gasteiger partial charge in [0.05, 0.1) is 0 Å². The van der Waals surface area contributed by atoms with Crippen LogP contribution in [0, 0.1) is 11.8 Å². The third kappa shape index (κ3) is 5.53. The van der Waals surface area contributed by atoms with E-state index in [1.54, 1.807) is 7.05 Å². The van der Waals surface area contributed by atoms with Crippen LogP contribution in [0.15, 0.2) is 0 Å². The number of hydrogen-bond donors (Lipinski definition) is 2. The zero-order valence-corrected chi connectivity index (χ0v) is 14.6. The lowest BCUT2D eigenvalue weighted by atomic mass is 10.1. The van der Waals surface area contributed by atoms with Gasteiger partial charge in [-0.1, -0.05) is 39.0 Å². The molecule has 0 radical (unpaired) electrons. The third-order valence-electron chi connectivity index (χ3n) is 3.30. The summed E-state index contributed by atoms with van der Waals surface area (Å²) < 4.78 is 0. The highest BCUT2D eigenvalue weighted by Gasteiger charge is 2.22. The highest BCUT2D eigenvalue weighted by atomic mass is 32.1. The number of thiazole rings is 1. The summed E-state index contributed by atoms with van der Waals surface area (Å²) in [5.74, 6) is 1.48. The van der Waals surface area contributed by atoms with Crippen LogP contribution in [-0.2, 0) is 0 Å². The topological polar surface area (TPSA) is 71.2 Å². The zero-order chi connectivity index (χ0) is 16.0. The highest BCUT2D eigenvalue weighted by molar-refractivity contribution is 7.18. The van der Waals surface area contributed by atoms with Gasteiger partial charge in [-0.2, -0.15) is 0 Å². The van der Waals surface area contributed by atoms with Gasteiger partial charge in [-0.3, -0.25) is 4.79 Å². The molecule has 21 heavy (non-hydrogen) atoms. The van der Waals surface area contributed by atoms with E-state index < -0.39 is 0 Å². The summed E-state index contributed by atoms with van der Waals surface area (Å²) in [7, 11) is 1.78. The summed E-state index contributed by atoms with van der Waals surface area (Å²) in [5, 5.41) is 3.62. The summed E-state index contributed by atoms with van der Waals surface area (Å²) in [5.41, 5.74) is 5.88. The molecule has 5 nitrogen and oxygen atoms in total. The van der Waals surface area contributed by atoms with Crippen LogP contribution in [0.4, 0.5) is 10.9 Å². The number of carbonyl (C=O) groups excluding carboxylic acids is 1. The van der Waals surface area contributed by atoms with Crippen molar-refractivity contribution in [2.75, 3.05) is 31.2 Å². The first-order chi connectivity index (χ1) is 9.85. The quantitative estimate of drug-likeness (QED) is 0.772. The van der Waals surface area contributed by atoms with Gasteiger partial charge in [0.2, 0.25) is 0 Å². The molecule has 1 rings (SSSR count). The summed E-state index contributed by atoms with van der Waals surface area (Å²) in [6.45, 7) is 10.2. The Kier molecular flexibility index (Phi) is 6.95. The molecule has 0 spiro atoms. The zero-order valence-electron chi connectivity index (χ0n) is 13.8. The molecule has 1 heterocycles. The van der Waals surface area contributed by atoms with Crippen LogP contribution in [0.1, 0.15) is 50.2 Å². The maximum atomic E-state index is 12.7. The molecule has 0 fully saturated rings. The minimum Gasteiger partial charge on any atom is -0.382 e. The normalized spacial score (nSPS) is 11.2. The molecule has 120 valence electrons. The fourth-order valence-electron chi connectivity index (χ4n) is 1.88. The van der Waals surface area contributed by atoms with E-state index in [4.69, 9.17) is 5.73 Å². The second kappa shape index (κ2) is 8.22. The Morgan fingerprint density at radius 3 is 2.14 bits per heavy atom. The first-order valence-electron chi connectivity index (χ1n) is 7.58. The van der Waals surface area contributed by atoms with Crippen LogP contribution in [-0.4, -0.2) is 35.9 Å². The van der Waals surface area contributed by atoms with E-state index in [2.05, 4.69) is 38.0 Å². The molecule has 6 heteroatoms. The summed E-state index contributed by atoms with van der Waals surface area (Å²) >= 11 is 1.33. The summed E-state index contributed by atoms with van der Waals surface area (Å²) in [6.07, 6.45) is 2.00. The van der Waals surface area contributed by atoms with Crippen LogP contribution in [0.25, 0.3) is 0 Å². The van der Waals surface area contributed by atoms with Crippen molar-refractivity contribution >= 4 is 28.2 Å². The lowest BCUT2D eigenvalue weighted by molar-refractivity contribution is 0.0746. The molecule has 3 N–H and O–H groups in total. The number of amides is 1. The van der Waals surface area contributed by atoms with Crippen molar-refractivity contribution in [2.24, 2.45) is 11.8 Å². The van der Waals surface area contributed by atoms with Crippen molar-refractivity contribution in [2.45, 2.75) is 40.5 Å². The van der Waals surface area contributed by atoms with E-state index >= 15 is 0 Å². The molecular formula is C15H28N4OS. The van der Waals surface area contributed by atoms with E-state index in [0.29, 0.717) is 27.7 Å². The minimum atomic E-state index is 0.00722. The lowest BCUT2D eigenvalue weighted by Crippen LogP contribution is -2.34. The molecule has 0 unspecified atom stereocenters. The molecule has 1 aromatic heterocycles. The first-order valence-corrected chi connectivity index (χ1v) is 8.40. The van der Waals surface area contributed by atoms with E-state index in [1.165, 1.54) is 11.3 Å². The van der Waals surface area contributed by atoms with Gasteiger partial charge in [-0.15, -0.1) is 0 Å². The Labute approximate surface area is 131 Å². The van der Waals surface area contributed by atoms with Gasteiger partial charge >= 0.3 is 0 Å². The van der Waals surface area contributed by atoms with Crippen LogP contribution >= 0.6 is 11.3 Å². The van der Waals surface area contributed by atoms with E-state index in [9.17, 15) is 4.79 Å². The van der Waals surface area contributed by atoms with Crippen molar-refractivity contribution in [3.8, 4) is 0 Å². The maximum Gasteiger partial charge on any atom is 0.267 e. The smallest absolute Gasteiger partial charge is 0.267 e. The number of nitrogens with one attached hydrogen (secondary N) is 1. The predicted octanol–water partition coefficient (Wildman–Crippen LogP) is 3.30. The number of nitrogens with two attached hydrogens (primary N) is 1. The number of nitrogens with zero attached hydrogens (tertiary/aromatic N) is 2. The second-order valence-electron chi connectivity index (χ2n) is 6.14. The Hall–Kier alpha value is -1.30. The lowest BCUT2D eigenvalue weighted by Gasteiger charge is -2.24. The number of aromatic nitrogens is 1. The molecule has 0 bridgehead atoms. The molecule has 0 saturated heterocycles.